The Morgan fingerprint density at radius 3 is 1.04 bits per heavy atom. The van der Waals surface area contributed by atoms with Crippen LogP contribution in [0.2, 0.25) is 0 Å². The molecular formula is C48H33Br3N2S2. The van der Waals surface area contributed by atoms with E-state index < -0.39 is 0 Å². The SMILES string of the molecule is Brc1ccc2c(c1)sc1cc(Br)ccc12.Brc1ccc2c(c1)sc1cc(N(c3ccccc3)c3ccccc3)ccc12.c1ccc(Nc2ccccc2)cc1. The number of anilines is 5. The molecule has 0 saturated carbocycles. The highest BCUT2D eigenvalue weighted by molar-refractivity contribution is 9.11. The Morgan fingerprint density at radius 2 is 0.655 bits per heavy atom. The maximum atomic E-state index is 3.59. The second-order valence-corrected chi connectivity index (χ2v) is 17.6. The summed E-state index contributed by atoms with van der Waals surface area (Å²) in [5.74, 6) is 0. The first-order valence-electron chi connectivity index (χ1n) is 17.6. The van der Waals surface area contributed by atoms with Crippen LogP contribution in [-0.4, -0.2) is 0 Å². The molecule has 0 bridgehead atoms. The monoisotopic (exact) mass is 938 g/mol. The minimum absolute atomic E-state index is 1.12. The fraction of sp³-hybridized carbons (Fsp3) is 0. The van der Waals surface area contributed by atoms with E-state index >= 15 is 0 Å². The van der Waals surface area contributed by atoms with Crippen molar-refractivity contribution in [1.82, 2.24) is 0 Å². The fourth-order valence-electron chi connectivity index (χ4n) is 6.41. The molecular weight excluding hydrogens is 908 g/mol. The molecule has 7 heteroatoms. The van der Waals surface area contributed by atoms with E-state index in [0.717, 1.165) is 36.2 Å². The molecule has 0 fully saturated rings. The molecule has 0 spiro atoms. The second kappa shape index (κ2) is 17.4. The van der Waals surface area contributed by atoms with E-state index in [9.17, 15) is 0 Å². The number of hydrogen-bond acceptors (Lipinski definition) is 4. The number of halogens is 3. The maximum absolute atomic E-state index is 3.59. The summed E-state index contributed by atoms with van der Waals surface area (Å²) >= 11 is 14.3. The highest BCUT2D eigenvalue weighted by Crippen LogP contribution is 2.41. The minimum Gasteiger partial charge on any atom is -0.356 e. The first-order chi connectivity index (χ1) is 27.0. The van der Waals surface area contributed by atoms with E-state index in [-0.39, 0.29) is 0 Å². The van der Waals surface area contributed by atoms with Gasteiger partial charge in [-0.25, -0.2) is 0 Å². The lowest BCUT2D eigenvalue weighted by atomic mass is 10.1. The lowest BCUT2D eigenvalue weighted by molar-refractivity contribution is 1.29. The van der Waals surface area contributed by atoms with E-state index in [1.165, 1.54) is 46.0 Å². The van der Waals surface area contributed by atoms with Crippen LogP contribution in [0.5, 0.6) is 0 Å². The molecule has 8 aromatic carbocycles. The van der Waals surface area contributed by atoms with Crippen molar-refractivity contribution in [2.75, 3.05) is 10.2 Å². The van der Waals surface area contributed by atoms with Gasteiger partial charge in [-0.2, -0.15) is 0 Å². The van der Waals surface area contributed by atoms with E-state index in [1.54, 1.807) is 0 Å². The number of benzene rings is 8. The highest BCUT2D eigenvalue weighted by atomic mass is 79.9. The summed E-state index contributed by atoms with van der Waals surface area (Å²) in [5.41, 5.74) is 5.73. The Bertz CT molecular complexity index is 2690. The average Bonchev–Trinajstić information content (AvgIpc) is 3.76. The van der Waals surface area contributed by atoms with Gasteiger partial charge in [0.25, 0.3) is 0 Å². The van der Waals surface area contributed by atoms with Gasteiger partial charge in [-0.3, -0.25) is 0 Å². The molecule has 0 aliphatic rings. The number of rotatable bonds is 5. The summed E-state index contributed by atoms with van der Waals surface area (Å²) < 4.78 is 8.67. The van der Waals surface area contributed by atoms with Gasteiger partial charge in [0.15, 0.2) is 0 Å². The standard InChI is InChI=1S/C24H16BrNS.C12H6Br2S.C12H11N/c25-17-11-13-21-22-14-12-20(16-24(22)27-23(21)15-17)26(18-7-3-1-4-8-18)19-9-5-2-6-10-19;13-7-1-3-9-10-4-2-8(14)6-12(10)15-11(9)5-7;1-3-7-11(8-4-1)13-12-9-5-2-6-10-12/h1-16H;1-6H;1-10,13H. The van der Waals surface area contributed by atoms with Gasteiger partial charge >= 0.3 is 0 Å². The highest BCUT2D eigenvalue weighted by Gasteiger charge is 2.14. The van der Waals surface area contributed by atoms with Crippen molar-refractivity contribution >= 4 is 139 Å². The van der Waals surface area contributed by atoms with Gasteiger partial charge in [-0.15, -0.1) is 22.7 Å². The molecule has 0 radical (unpaired) electrons. The molecule has 10 aromatic rings. The molecule has 2 nitrogen and oxygen atoms in total. The summed E-state index contributed by atoms with van der Waals surface area (Å²) in [4.78, 5) is 2.31. The molecule has 55 heavy (non-hydrogen) atoms. The van der Waals surface area contributed by atoms with Crippen LogP contribution < -0.4 is 10.2 Å². The van der Waals surface area contributed by atoms with Crippen molar-refractivity contribution in [3.8, 4) is 0 Å². The van der Waals surface area contributed by atoms with Crippen LogP contribution in [0.3, 0.4) is 0 Å². The topological polar surface area (TPSA) is 15.3 Å². The third-order valence-electron chi connectivity index (χ3n) is 8.94. The van der Waals surface area contributed by atoms with Gasteiger partial charge in [0, 0.05) is 82.2 Å². The van der Waals surface area contributed by atoms with E-state index in [1.807, 2.05) is 83.3 Å². The first kappa shape index (κ1) is 37.2. The quantitative estimate of drug-likeness (QED) is 0.185. The van der Waals surface area contributed by atoms with Gasteiger partial charge < -0.3 is 10.2 Å². The van der Waals surface area contributed by atoms with Crippen LogP contribution in [0, 0.1) is 0 Å². The Labute approximate surface area is 354 Å². The molecule has 2 aromatic heterocycles. The first-order valence-corrected chi connectivity index (χ1v) is 21.7. The van der Waals surface area contributed by atoms with Crippen LogP contribution >= 0.6 is 70.5 Å². The summed E-state index contributed by atoms with van der Waals surface area (Å²) in [6.45, 7) is 0. The van der Waals surface area contributed by atoms with Gasteiger partial charge in [0.1, 0.15) is 0 Å². The smallest absolute Gasteiger partial charge is 0.0476 e. The fourth-order valence-corrected chi connectivity index (χ4v) is 10.3. The zero-order valence-electron chi connectivity index (χ0n) is 29.4. The Morgan fingerprint density at radius 1 is 0.327 bits per heavy atom. The molecule has 268 valence electrons. The van der Waals surface area contributed by atoms with Crippen LogP contribution in [-0.2, 0) is 0 Å². The Balaban J connectivity index is 0.000000129. The largest absolute Gasteiger partial charge is 0.356 e. The van der Waals surface area contributed by atoms with Gasteiger partial charge in [0.05, 0.1) is 0 Å². The van der Waals surface area contributed by atoms with Gasteiger partial charge in [0.2, 0.25) is 0 Å². The predicted octanol–water partition coefficient (Wildman–Crippen LogP) is 17.3. The van der Waals surface area contributed by atoms with Crippen molar-refractivity contribution < 1.29 is 0 Å². The zero-order chi connectivity index (χ0) is 37.6. The summed E-state index contributed by atoms with van der Waals surface area (Å²) in [5, 5.41) is 8.61. The summed E-state index contributed by atoms with van der Waals surface area (Å²) in [6, 6.07) is 67.5. The predicted molar refractivity (Wildman–Crippen MR) is 253 cm³/mol. The molecule has 0 amide bonds. The van der Waals surface area contributed by atoms with Crippen molar-refractivity contribution in [2.45, 2.75) is 0 Å². The van der Waals surface area contributed by atoms with E-state index in [2.05, 4.69) is 191 Å². The minimum atomic E-state index is 1.12. The van der Waals surface area contributed by atoms with Gasteiger partial charge in [-0.05, 0) is 97.1 Å². The number of hydrogen-bond donors (Lipinski definition) is 1. The van der Waals surface area contributed by atoms with Gasteiger partial charge in [-0.1, -0.05) is 145 Å². The molecule has 10 rings (SSSR count). The number of thiophene rings is 2. The van der Waals surface area contributed by atoms with Crippen molar-refractivity contribution in [2.24, 2.45) is 0 Å². The van der Waals surface area contributed by atoms with Crippen molar-refractivity contribution in [3.05, 3.63) is 208 Å². The molecule has 0 atom stereocenters. The third kappa shape index (κ3) is 8.88. The molecule has 0 aliphatic heterocycles. The number of fused-ring (bicyclic) bond motifs is 6. The second-order valence-electron chi connectivity index (χ2n) is 12.7. The van der Waals surface area contributed by atoms with Crippen LogP contribution in [0.25, 0.3) is 40.3 Å². The zero-order valence-corrected chi connectivity index (χ0v) is 35.8. The average molecular weight is 942 g/mol. The molecule has 2 heterocycles. The molecule has 0 unspecified atom stereocenters. The van der Waals surface area contributed by atoms with Crippen molar-refractivity contribution in [3.63, 3.8) is 0 Å². The lowest BCUT2D eigenvalue weighted by Crippen LogP contribution is -2.09. The number of para-hydroxylation sites is 4. The van der Waals surface area contributed by atoms with Crippen LogP contribution in [0.4, 0.5) is 28.4 Å². The third-order valence-corrected chi connectivity index (χ3v) is 12.7. The number of nitrogens with zero attached hydrogens (tertiary/aromatic N) is 1. The van der Waals surface area contributed by atoms with E-state index in [4.69, 9.17) is 0 Å². The number of nitrogens with one attached hydrogen (secondary N) is 1. The maximum Gasteiger partial charge on any atom is 0.0476 e. The van der Waals surface area contributed by atoms with Crippen LogP contribution in [0.15, 0.2) is 208 Å². The Kier molecular flexibility index (Phi) is 11.7. The molecule has 0 saturated heterocycles. The van der Waals surface area contributed by atoms with Crippen molar-refractivity contribution in [1.29, 1.82) is 0 Å². The normalized spacial score (nSPS) is 10.8. The molecule has 1 N–H and O–H groups in total. The van der Waals surface area contributed by atoms with E-state index in [0.29, 0.717) is 0 Å². The molecule has 0 aliphatic carbocycles. The Hall–Kier alpha value is -4.76. The summed E-state index contributed by atoms with van der Waals surface area (Å²) in [6.07, 6.45) is 0. The van der Waals surface area contributed by atoms with Crippen LogP contribution in [0.1, 0.15) is 0 Å². The summed E-state index contributed by atoms with van der Waals surface area (Å²) in [7, 11) is 0. The lowest BCUT2D eigenvalue weighted by Gasteiger charge is -2.25.